The number of benzene rings is 4. The van der Waals surface area contributed by atoms with Crippen LogP contribution in [0.2, 0.25) is 0 Å². The van der Waals surface area contributed by atoms with E-state index < -0.39 is 0 Å². The first-order valence-electron chi connectivity index (χ1n) is 22.1. The molecule has 0 atom stereocenters. The Hall–Kier alpha value is -6.61. The first kappa shape index (κ1) is 41.7. The van der Waals surface area contributed by atoms with Gasteiger partial charge in [0.15, 0.2) is 0 Å². The lowest BCUT2D eigenvalue weighted by Gasteiger charge is -2.38. The van der Waals surface area contributed by atoms with Gasteiger partial charge in [-0.3, -0.25) is 19.3 Å². The molecule has 9 rings (SSSR count). The molecule has 3 amide bonds. The number of nitrogens with zero attached hydrogens (tertiary/aromatic N) is 8. The molecule has 0 unspecified atom stereocenters. The number of anilines is 3. The zero-order valence-corrected chi connectivity index (χ0v) is 36.0. The van der Waals surface area contributed by atoms with Gasteiger partial charge in [0, 0.05) is 127 Å². The fourth-order valence-corrected chi connectivity index (χ4v) is 9.52. The molecule has 2 saturated heterocycles. The maximum atomic E-state index is 13.5. The molecule has 5 heterocycles. The Kier molecular flexibility index (Phi) is 11.7. The Balaban J connectivity index is 0.806. The largest absolute Gasteiger partial charge is 0.508 e. The van der Waals surface area contributed by atoms with E-state index >= 15 is 0 Å². The fraction of sp³-hybridized carbons (Fsp3) is 0.396. The number of carbonyl (C=O) groups is 3. The molecular weight excluding hydrogens is 799 g/mol. The van der Waals surface area contributed by atoms with Gasteiger partial charge in [-0.05, 0) is 52.6 Å². The molecule has 328 valence electrons. The van der Waals surface area contributed by atoms with E-state index in [-0.39, 0.29) is 40.5 Å². The third-order valence-electron chi connectivity index (χ3n) is 13.1. The first-order chi connectivity index (χ1) is 30.5. The molecule has 63 heavy (non-hydrogen) atoms. The van der Waals surface area contributed by atoms with Crippen molar-refractivity contribution >= 4 is 45.9 Å². The maximum Gasteiger partial charge on any atom is 0.258 e. The third-order valence-corrected chi connectivity index (χ3v) is 13.1. The Morgan fingerprint density at radius 1 is 0.730 bits per heavy atom. The van der Waals surface area contributed by atoms with E-state index in [0.29, 0.717) is 89.8 Å². The van der Waals surface area contributed by atoms with E-state index in [9.17, 15) is 29.7 Å². The third kappa shape index (κ3) is 8.74. The maximum absolute atomic E-state index is 13.5. The molecule has 4 N–H and O–H groups in total. The predicted octanol–water partition coefficient (Wildman–Crippen LogP) is 4.84. The van der Waals surface area contributed by atoms with Crippen molar-refractivity contribution < 1.29 is 29.7 Å². The number of amides is 3. The van der Waals surface area contributed by atoms with Gasteiger partial charge in [0.05, 0.1) is 17.8 Å². The summed E-state index contributed by atoms with van der Waals surface area (Å²) in [6, 6.07) is 20.8. The normalized spacial score (nSPS) is 16.6. The topological polar surface area (TPSA) is 169 Å². The monoisotopic (exact) mass is 853 g/mol. The minimum atomic E-state index is -0.261. The first-order valence-corrected chi connectivity index (χ1v) is 22.1. The Morgan fingerprint density at radius 3 is 2.27 bits per heavy atom. The summed E-state index contributed by atoms with van der Waals surface area (Å²) in [7, 11) is 0. The lowest BCUT2D eigenvalue weighted by molar-refractivity contribution is -0.132. The molecule has 4 aliphatic rings. The molecule has 0 radical (unpaired) electrons. The van der Waals surface area contributed by atoms with Crippen molar-refractivity contribution in [2.75, 3.05) is 80.6 Å². The molecule has 15 heteroatoms. The van der Waals surface area contributed by atoms with Gasteiger partial charge < -0.3 is 45.1 Å². The predicted molar refractivity (Wildman–Crippen MR) is 241 cm³/mol. The molecule has 2 fully saturated rings. The average molecular weight is 854 g/mol. The minimum absolute atomic E-state index is 0.0119. The van der Waals surface area contributed by atoms with Gasteiger partial charge >= 0.3 is 0 Å². The number of carbonyl (C=O) groups excluding carboxylic acids is 3. The highest BCUT2D eigenvalue weighted by Gasteiger charge is 2.30. The van der Waals surface area contributed by atoms with Crippen LogP contribution in [0.3, 0.4) is 0 Å². The SMILES string of the molecule is CCc1cc(C(=O)N2Cc3ccc(CN4CCN(C(=O)CCNc5nc6c(c(N7CCN(C(C)=O)CC7)n5)CCN(c5cc(O)cc7ccccc57)C6)CC4)cc3C2)c(O)cc1O. The number of hydrogen-bond donors (Lipinski definition) is 4. The van der Waals surface area contributed by atoms with Crippen LogP contribution in [0.1, 0.15) is 64.1 Å². The number of aryl methyl sites for hydroxylation is 1. The number of phenols is 3. The number of fused-ring (bicyclic) bond motifs is 3. The number of nitrogens with one attached hydrogen (secondary N) is 1. The van der Waals surface area contributed by atoms with Gasteiger partial charge in [-0.1, -0.05) is 49.4 Å². The van der Waals surface area contributed by atoms with Gasteiger partial charge in [0.25, 0.3) is 5.91 Å². The number of piperazine rings is 2. The van der Waals surface area contributed by atoms with Gasteiger partial charge in [-0.2, -0.15) is 4.98 Å². The van der Waals surface area contributed by atoms with Crippen LogP contribution in [0.25, 0.3) is 10.8 Å². The molecule has 0 aliphatic carbocycles. The van der Waals surface area contributed by atoms with E-state index in [2.05, 4.69) is 44.3 Å². The zero-order chi connectivity index (χ0) is 43.8. The average Bonchev–Trinajstić information content (AvgIpc) is 3.72. The van der Waals surface area contributed by atoms with Crippen LogP contribution < -0.4 is 15.1 Å². The number of aromatic hydroxyl groups is 3. The van der Waals surface area contributed by atoms with Crippen molar-refractivity contribution in [3.05, 3.63) is 106 Å². The second kappa shape index (κ2) is 17.6. The van der Waals surface area contributed by atoms with Crippen molar-refractivity contribution in [1.29, 1.82) is 0 Å². The molecule has 4 aromatic carbocycles. The Morgan fingerprint density at radius 2 is 1.49 bits per heavy atom. The molecule has 0 spiro atoms. The Bertz CT molecular complexity index is 2570. The summed E-state index contributed by atoms with van der Waals surface area (Å²) in [6.45, 7) is 12.2. The number of aromatic nitrogens is 2. The summed E-state index contributed by atoms with van der Waals surface area (Å²) in [5, 5.41) is 36.6. The highest BCUT2D eigenvalue weighted by atomic mass is 16.3. The summed E-state index contributed by atoms with van der Waals surface area (Å²) in [5.41, 5.74) is 7.10. The molecule has 5 aromatic rings. The molecule has 4 aliphatic heterocycles. The summed E-state index contributed by atoms with van der Waals surface area (Å²) in [5.74, 6) is 1.24. The van der Waals surface area contributed by atoms with Crippen molar-refractivity contribution in [1.82, 2.24) is 29.6 Å². The molecule has 0 bridgehead atoms. The second-order valence-electron chi connectivity index (χ2n) is 17.1. The van der Waals surface area contributed by atoms with Crippen LogP contribution >= 0.6 is 0 Å². The van der Waals surface area contributed by atoms with Crippen LogP contribution in [0.4, 0.5) is 17.5 Å². The quantitative estimate of drug-likeness (QED) is 0.151. The number of rotatable bonds is 10. The second-order valence-corrected chi connectivity index (χ2v) is 17.1. The highest BCUT2D eigenvalue weighted by Crippen LogP contribution is 2.37. The van der Waals surface area contributed by atoms with E-state index in [1.807, 2.05) is 41.0 Å². The molecule has 15 nitrogen and oxygen atoms in total. The van der Waals surface area contributed by atoms with Crippen molar-refractivity contribution in [2.45, 2.75) is 59.3 Å². The standard InChI is InChI=1S/C48H55N9O6/c1-3-33-24-40(44(61)26-43(33)60)47(63)57-28-35-9-8-32(22-36(35)29-57)27-52-14-16-54(17-15-52)45(62)10-12-49-48-50-41-30-56(42-25-37(59)23-34-6-4-5-7-38(34)42)13-11-39(41)46(51-48)55-20-18-53(19-21-55)31(2)58/h4-9,22-26,59-61H,3,10-21,27-30H2,1-2H3,(H,49,50,51). The highest BCUT2D eigenvalue weighted by molar-refractivity contribution is 5.98. The van der Waals surface area contributed by atoms with Crippen LogP contribution in [-0.4, -0.2) is 128 Å². The van der Waals surface area contributed by atoms with Gasteiger partial charge in [0.1, 0.15) is 23.1 Å². The van der Waals surface area contributed by atoms with Crippen LogP contribution in [-0.2, 0) is 48.6 Å². The van der Waals surface area contributed by atoms with Crippen LogP contribution in [0, 0.1) is 0 Å². The molecule has 0 saturated carbocycles. The van der Waals surface area contributed by atoms with E-state index in [0.717, 1.165) is 82.8 Å². The summed E-state index contributed by atoms with van der Waals surface area (Å²) in [4.78, 5) is 61.5. The Labute approximate surface area is 367 Å². The summed E-state index contributed by atoms with van der Waals surface area (Å²) in [6.07, 6.45) is 1.58. The van der Waals surface area contributed by atoms with E-state index in [4.69, 9.17) is 9.97 Å². The minimum Gasteiger partial charge on any atom is -0.508 e. The van der Waals surface area contributed by atoms with Crippen molar-refractivity contribution in [2.24, 2.45) is 0 Å². The zero-order valence-electron chi connectivity index (χ0n) is 36.0. The fourth-order valence-electron chi connectivity index (χ4n) is 9.52. The molecule has 1 aromatic heterocycles. The number of phenolic OH excluding ortho intramolecular Hbond substituents is 3. The van der Waals surface area contributed by atoms with E-state index in [1.165, 1.54) is 6.07 Å². The lowest BCUT2D eigenvalue weighted by Crippen LogP contribution is -2.49. The van der Waals surface area contributed by atoms with Crippen molar-refractivity contribution in [3.8, 4) is 17.2 Å². The van der Waals surface area contributed by atoms with Gasteiger partial charge in [-0.15, -0.1) is 0 Å². The van der Waals surface area contributed by atoms with Gasteiger partial charge in [0.2, 0.25) is 17.8 Å². The van der Waals surface area contributed by atoms with Gasteiger partial charge in [-0.25, -0.2) is 4.98 Å². The number of hydrogen-bond acceptors (Lipinski definition) is 12. The van der Waals surface area contributed by atoms with Crippen LogP contribution in [0.15, 0.2) is 66.7 Å². The van der Waals surface area contributed by atoms with E-state index in [1.54, 1.807) is 24.0 Å². The van der Waals surface area contributed by atoms with Crippen molar-refractivity contribution in [3.63, 3.8) is 0 Å². The summed E-state index contributed by atoms with van der Waals surface area (Å²) >= 11 is 0. The van der Waals surface area contributed by atoms with Crippen LogP contribution in [0.5, 0.6) is 17.2 Å². The summed E-state index contributed by atoms with van der Waals surface area (Å²) < 4.78 is 0. The smallest absolute Gasteiger partial charge is 0.258 e. The molecular formula is C48H55N9O6. The lowest BCUT2D eigenvalue weighted by atomic mass is 10.0.